The lowest BCUT2D eigenvalue weighted by atomic mass is 10.3. The van der Waals surface area contributed by atoms with E-state index >= 15 is 0 Å². The molecule has 1 aromatic heterocycles. The molecule has 1 aromatic rings. The Morgan fingerprint density at radius 2 is 2.28 bits per heavy atom. The van der Waals surface area contributed by atoms with Gasteiger partial charge in [0.15, 0.2) is 5.03 Å². The van der Waals surface area contributed by atoms with Crippen molar-refractivity contribution >= 4 is 10.0 Å². The van der Waals surface area contributed by atoms with Gasteiger partial charge in [-0.2, -0.15) is 5.10 Å². The SMILES string of the molecule is CCCNCc1cn[nH]c1S(=O)(=O)NC1CC1C. The summed E-state index contributed by atoms with van der Waals surface area (Å²) < 4.78 is 27.0. The first-order valence-corrected chi connectivity index (χ1v) is 7.78. The highest BCUT2D eigenvalue weighted by Gasteiger charge is 2.37. The van der Waals surface area contributed by atoms with Crippen molar-refractivity contribution < 1.29 is 8.42 Å². The van der Waals surface area contributed by atoms with Crippen molar-refractivity contribution in [2.45, 2.75) is 44.3 Å². The number of nitrogens with one attached hydrogen (secondary N) is 3. The summed E-state index contributed by atoms with van der Waals surface area (Å²) in [6, 6.07) is 0.0785. The molecule has 102 valence electrons. The van der Waals surface area contributed by atoms with E-state index in [1.807, 2.05) is 6.92 Å². The van der Waals surface area contributed by atoms with E-state index in [0.717, 1.165) is 19.4 Å². The number of nitrogens with zero attached hydrogens (tertiary/aromatic N) is 1. The fourth-order valence-electron chi connectivity index (χ4n) is 1.80. The van der Waals surface area contributed by atoms with Crippen LogP contribution >= 0.6 is 0 Å². The molecule has 7 heteroatoms. The topological polar surface area (TPSA) is 86.9 Å². The number of sulfonamides is 1. The summed E-state index contributed by atoms with van der Waals surface area (Å²) in [5.41, 5.74) is 0.684. The van der Waals surface area contributed by atoms with Gasteiger partial charge in [-0.05, 0) is 25.3 Å². The highest BCUT2D eigenvalue weighted by molar-refractivity contribution is 7.89. The molecular formula is C11H20N4O2S. The third-order valence-electron chi connectivity index (χ3n) is 3.11. The van der Waals surface area contributed by atoms with Crippen molar-refractivity contribution in [1.82, 2.24) is 20.2 Å². The van der Waals surface area contributed by atoms with Gasteiger partial charge in [-0.15, -0.1) is 0 Å². The zero-order valence-corrected chi connectivity index (χ0v) is 11.5. The fourth-order valence-corrected chi connectivity index (χ4v) is 3.29. The van der Waals surface area contributed by atoms with E-state index in [1.165, 1.54) is 0 Å². The van der Waals surface area contributed by atoms with Crippen LogP contribution in [0.15, 0.2) is 11.2 Å². The molecule has 2 rings (SSSR count). The summed E-state index contributed by atoms with van der Waals surface area (Å²) in [4.78, 5) is 0. The Bertz CT molecular complexity index is 497. The maximum Gasteiger partial charge on any atom is 0.258 e. The number of hydrogen-bond donors (Lipinski definition) is 3. The van der Waals surface area contributed by atoms with Crippen LogP contribution in [0, 0.1) is 5.92 Å². The molecule has 18 heavy (non-hydrogen) atoms. The molecule has 1 saturated carbocycles. The molecule has 2 atom stereocenters. The molecular weight excluding hydrogens is 252 g/mol. The minimum atomic E-state index is -3.46. The molecule has 1 heterocycles. The highest BCUT2D eigenvalue weighted by atomic mass is 32.2. The molecule has 0 aliphatic heterocycles. The summed E-state index contributed by atoms with van der Waals surface area (Å²) in [7, 11) is -3.46. The van der Waals surface area contributed by atoms with Gasteiger partial charge in [-0.3, -0.25) is 5.10 Å². The van der Waals surface area contributed by atoms with E-state index < -0.39 is 10.0 Å². The number of H-pyrrole nitrogens is 1. The monoisotopic (exact) mass is 272 g/mol. The maximum atomic E-state index is 12.1. The second kappa shape index (κ2) is 5.38. The number of rotatable bonds is 7. The average molecular weight is 272 g/mol. The number of aromatic amines is 1. The Kier molecular flexibility index (Phi) is 4.04. The summed E-state index contributed by atoms with van der Waals surface area (Å²) >= 11 is 0. The minimum absolute atomic E-state index is 0.0785. The van der Waals surface area contributed by atoms with Crippen molar-refractivity contribution in [3.63, 3.8) is 0 Å². The molecule has 0 amide bonds. The summed E-state index contributed by atoms with van der Waals surface area (Å²) in [5, 5.41) is 9.77. The average Bonchev–Trinajstić information content (AvgIpc) is 2.81. The van der Waals surface area contributed by atoms with Crippen LogP contribution in [0.2, 0.25) is 0 Å². The Morgan fingerprint density at radius 3 is 2.89 bits per heavy atom. The maximum absolute atomic E-state index is 12.1. The van der Waals surface area contributed by atoms with Crippen LogP contribution in [-0.4, -0.2) is 31.2 Å². The first-order chi connectivity index (χ1) is 8.54. The molecule has 1 aliphatic rings. The fraction of sp³-hybridized carbons (Fsp3) is 0.727. The quantitative estimate of drug-likeness (QED) is 0.634. The van der Waals surface area contributed by atoms with Gasteiger partial charge in [0.05, 0.1) is 6.20 Å². The van der Waals surface area contributed by atoms with E-state index in [9.17, 15) is 8.42 Å². The van der Waals surface area contributed by atoms with Crippen LogP contribution in [0.1, 0.15) is 32.3 Å². The van der Waals surface area contributed by atoms with Crippen LogP contribution in [-0.2, 0) is 16.6 Å². The van der Waals surface area contributed by atoms with Gasteiger partial charge < -0.3 is 5.32 Å². The Labute approximate surface area is 108 Å². The molecule has 0 bridgehead atoms. The first kappa shape index (κ1) is 13.5. The first-order valence-electron chi connectivity index (χ1n) is 6.30. The predicted octanol–water partition coefficient (Wildman–Crippen LogP) is 0.596. The second-order valence-corrected chi connectivity index (χ2v) is 6.49. The van der Waals surface area contributed by atoms with E-state index in [1.54, 1.807) is 6.20 Å². The zero-order chi connectivity index (χ0) is 13.2. The van der Waals surface area contributed by atoms with Gasteiger partial charge in [0, 0.05) is 18.2 Å². The summed E-state index contributed by atoms with van der Waals surface area (Å²) in [6.07, 6.45) is 3.49. The molecule has 2 unspecified atom stereocenters. The molecule has 0 radical (unpaired) electrons. The lowest BCUT2D eigenvalue weighted by molar-refractivity contribution is 0.570. The zero-order valence-electron chi connectivity index (χ0n) is 10.7. The van der Waals surface area contributed by atoms with E-state index in [4.69, 9.17) is 0 Å². The van der Waals surface area contributed by atoms with Gasteiger partial charge >= 0.3 is 0 Å². The van der Waals surface area contributed by atoms with Crippen molar-refractivity contribution in [1.29, 1.82) is 0 Å². The van der Waals surface area contributed by atoms with Crippen molar-refractivity contribution in [2.24, 2.45) is 5.92 Å². The number of aromatic nitrogens is 2. The Hall–Kier alpha value is -0.920. The Morgan fingerprint density at radius 1 is 1.56 bits per heavy atom. The third kappa shape index (κ3) is 3.09. The van der Waals surface area contributed by atoms with Gasteiger partial charge in [0.2, 0.25) is 0 Å². The van der Waals surface area contributed by atoms with Gasteiger partial charge in [-0.1, -0.05) is 13.8 Å². The number of hydrogen-bond acceptors (Lipinski definition) is 4. The Balaban J connectivity index is 2.05. The lowest BCUT2D eigenvalue weighted by Gasteiger charge is -2.07. The smallest absolute Gasteiger partial charge is 0.258 e. The lowest BCUT2D eigenvalue weighted by Crippen LogP contribution is -2.28. The van der Waals surface area contributed by atoms with Gasteiger partial charge in [-0.25, -0.2) is 13.1 Å². The van der Waals surface area contributed by atoms with Crippen LogP contribution in [0.4, 0.5) is 0 Å². The van der Waals surface area contributed by atoms with Gasteiger partial charge in [0.25, 0.3) is 10.0 Å². The molecule has 1 fully saturated rings. The van der Waals surface area contributed by atoms with Crippen LogP contribution in [0.3, 0.4) is 0 Å². The second-order valence-electron chi connectivity index (χ2n) is 4.84. The highest BCUT2D eigenvalue weighted by Crippen LogP contribution is 2.30. The standard InChI is InChI=1S/C11H20N4O2S/c1-3-4-12-6-9-7-13-14-11(9)18(16,17)15-10-5-8(10)2/h7-8,10,12,15H,3-6H2,1-2H3,(H,13,14). The van der Waals surface area contributed by atoms with Gasteiger partial charge in [0.1, 0.15) is 0 Å². The van der Waals surface area contributed by atoms with Crippen LogP contribution in [0.5, 0.6) is 0 Å². The molecule has 1 aliphatic carbocycles. The normalized spacial score (nSPS) is 23.2. The predicted molar refractivity (Wildman–Crippen MR) is 68.5 cm³/mol. The summed E-state index contributed by atoms with van der Waals surface area (Å²) in [6.45, 7) is 5.47. The van der Waals surface area contributed by atoms with E-state index in [2.05, 4.69) is 27.2 Å². The summed E-state index contributed by atoms with van der Waals surface area (Å²) in [5.74, 6) is 0.435. The molecule has 0 spiro atoms. The molecule has 0 saturated heterocycles. The molecule has 3 N–H and O–H groups in total. The largest absolute Gasteiger partial charge is 0.313 e. The van der Waals surface area contributed by atoms with Crippen LogP contribution < -0.4 is 10.0 Å². The third-order valence-corrected chi connectivity index (χ3v) is 4.61. The van der Waals surface area contributed by atoms with E-state index in [-0.39, 0.29) is 11.1 Å². The molecule has 0 aromatic carbocycles. The van der Waals surface area contributed by atoms with Crippen molar-refractivity contribution in [3.8, 4) is 0 Å². The van der Waals surface area contributed by atoms with Crippen LogP contribution in [0.25, 0.3) is 0 Å². The van der Waals surface area contributed by atoms with E-state index in [0.29, 0.717) is 18.0 Å². The van der Waals surface area contributed by atoms with Crippen molar-refractivity contribution in [3.05, 3.63) is 11.8 Å². The minimum Gasteiger partial charge on any atom is -0.313 e. The van der Waals surface area contributed by atoms with Crippen molar-refractivity contribution in [2.75, 3.05) is 6.54 Å². The molecule has 6 nitrogen and oxygen atoms in total.